The van der Waals surface area contributed by atoms with Crippen LogP contribution in [0.4, 0.5) is 10.1 Å². The number of amides is 2. The van der Waals surface area contributed by atoms with E-state index in [0.29, 0.717) is 5.41 Å². The zero-order valence-corrected chi connectivity index (χ0v) is 23.6. The Morgan fingerprint density at radius 2 is 1.57 bits per heavy atom. The van der Waals surface area contributed by atoms with Gasteiger partial charge in [-0.3, -0.25) is 19.8 Å². The normalized spacial score (nSPS) is 28.5. The molecule has 1 aliphatic heterocycles. The fourth-order valence-electron chi connectivity index (χ4n) is 8.42. The Labute approximate surface area is 239 Å². The van der Waals surface area contributed by atoms with E-state index in [1.165, 1.54) is 62.3 Å². The van der Waals surface area contributed by atoms with Gasteiger partial charge >= 0.3 is 0 Å². The van der Waals surface area contributed by atoms with Crippen molar-refractivity contribution in [2.75, 3.05) is 4.90 Å². The number of nitrogens with one attached hydrogen (secondary N) is 1. The average Bonchev–Trinajstić information content (AvgIpc) is 3.18. The van der Waals surface area contributed by atoms with Gasteiger partial charge in [-0.2, -0.15) is 0 Å². The standard InChI is InChI=1S/C33H32FN3O2S/c1-19-10-24(14-29-30(38)35-32(40)37(31(29)39)28-5-3-4-26(34)15-28)20(2)36(19)27-8-6-25(7-9-27)33-16-21-11-22(17-33)13-23(12-21)18-33/h3-10,14-15,21-23H,11-13,16-18H2,1-2H3,(H,35,38,40)/b29-14+. The van der Waals surface area contributed by atoms with Crippen LogP contribution in [0.1, 0.15) is 61.0 Å². The molecule has 7 heteroatoms. The number of nitrogens with zero attached hydrogens (tertiary/aromatic N) is 2. The fraction of sp³-hybridized carbons (Fsp3) is 0.364. The summed E-state index contributed by atoms with van der Waals surface area (Å²) in [5.74, 6) is 1.08. The van der Waals surface area contributed by atoms with Crippen molar-refractivity contribution in [2.45, 2.75) is 57.8 Å². The van der Waals surface area contributed by atoms with Gasteiger partial charge in [-0.15, -0.1) is 0 Å². The molecule has 0 unspecified atom stereocenters. The van der Waals surface area contributed by atoms with E-state index in [2.05, 4.69) is 34.1 Å². The highest BCUT2D eigenvalue weighted by Crippen LogP contribution is 2.60. The number of benzene rings is 2. The van der Waals surface area contributed by atoms with Crippen LogP contribution in [0.15, 0.2) is 60.2 Å². The summed E-state index contributed by atoms with van der Waals surface area (Å²) in [6, 6.07) is 16.7. The van der Waals surface area contributed by atoms with Crippen LogP contribution in [-0.4, -0.2) is 21.5 Å². The van der Waals surface area contributed by atoms with Crippen LogP contribution in [0.25, 0.3) is 11.8 Å². The summed E-state index contributed by atoms with van der Waals surface area (Å²) in [5, 5.41) is 2.51. The Balaban J connectivity index is 1.19. The van der Waals surface area contributed by atoms with Crippen LogP contribution < -0.4 is 10.2 Å². The van der Waals surface area contributed by atoms with E-state index < -0.39 is 17.6 Å². The molecule has 1 aromatic heterocycles. The predicted octanol–water partition coefficient (Wildman–Crippen LogP) is 6.53. The highest BCUT2D eigenvalue weighted by Gasteiger charge is 2.51. The van der Waals surface area contributed by atoms with Crippen molar-refractivity contribution < 1.29 is 14.0 Å². The van der Waals surface area contributed by atoms with Gasteiger partial charge in [-0.1, -0.05) is 18.2 Å². The number of aromatic nitrogens is 1. The van der Waals surface area contributed by atoms with E-state index in [-0.39, 0.29) is 16.4 Å². The third-order valence-electron chi connectivity index (χ3n) is 9.71. The van der Waals surface area contributed by atoms with Crippen LogP contribution in [0.5, 0.6) is 0 Å². The molecule has 2 heterocycles. The van der Waals surface area contributed by atoms with E-state index in [1.54, 1.807) is 12.1 Å². The molecule has 1 saturated heterocycles. The molecule has 0 atom stereocenters. The molecule has 8 rings (SSSR count). The Morgan fingerprint density at radius 3 is 2.20 bits per heavy atom. The summed E-state index contributed by atoms with van der Waals surface area (Å²) >= 11 is 5.25. The quantitative estimate of drug-likeness (QED) is 0.227. The lowest BCUT2D eigenvalue weighted by atomic mass is 9.48. The lowest BCUT2D eigenvalue weighted by molar-refractivity contribution is -0.122. The third kappa shape index (κ3) is 4.05. The van der Waals surface area contributed by atoms with Gasteiger partial charge in [0.05, 0.1) is 5.69 Å². The van der Waals surface area contributed by atoms with Crippen molar-refractivity contribution in [1.82, 2.24) is 9.88 Å². The highest BCUT2D eigenvalue weighted by atomic mass is 32.1. The van der Waals surface area contributed by atoms with Crippen molar-refractivity contribution in [3.8, 4) is 5.69 Å². The molecule has 3 aromatic rings. The minimum Gasteiger partial charge on any atom is -0.318 e. The number of carbonyl (C=O) groups is 2. The van der Waals surface area contributed by atoms with E-state index >= 15 is 0 Å². The van der Waals surface area contributed by atoms with E-state index in [1.807, 2.05) is 19.9 Å². The van der Waals surface area contributed by atoms with E-state index in [4.69, 9.17) is 12.2 Å². The third-order valence-corrected chi connectivity index (χ3v) is 10.00. The molecule has 4 aliphatic carbocycles. The van der Waals surface area contributed by atoms with Gasteiger partial charge in [0.1, 0.15) is 11.4 Å². The van der Waals surface area contributed by atoms with Gasteiger partial charge in [0.2, 0.25) is 0 Å². The maximum Gasteiger partial charge on any atom is 0.270 e. The number of thiocarbonyl (C=S) groups is 1. The monoisotopic (exact) mass is 553 g/mol. The predicted molar refractivity (Wildman–Crippen MR) is 158 cm³/mol. The summed E-state index contributed by atoms with van der Waals surface area (Å²) in [6.07, 6.45) is 9.92. The molecule has 40 heavy (non-hydrogen) atoms. The number of aryl methyl sites for hydroxylation is 1. The Morgan fingerprint density at radius 1 is 0.925 bits per heavy atom. The molecule has 2 aromatic carbocycles. The van der Waals surface area contributed by atoms with Crippen molar-refractivity contribution in [3.05, 3.63) is 88.5 Å². The molecule has 2 amide bonds. The first-order valence-corrected chi connectivity index (χ1v) is 14.6. The SMILES string of the molecule is Cc1cc(/C=C2\C(=O)NC(=S)N(c3cccc(F)c3)C2=O)c(C)n1-c1ccc(C23CC4CC(CC(C4)C2)C3)cc1. The van der Waals surface area contributed by atoms with E-state index in [0.717, 1.165) is 45.3 Å². The highest BCUT2D eigenvalue weighted by molar-refractivity contribution is 7.80. The number of anilines is 1. The van der Waals surface area contributed by atoms with Gasteiger partial charge in [0.25, 0.3) is 11.8 Å². The van der Waals surface area contributed by atoms with Gasteiger partial charge in [0, 0.05) is 17.1 Å². The summed E-state index contributed by atoms with van der Waals surface area (Å²) in [4.78, 5) is 27.4. The van der Waals surface area contributed by atoms with Crippen LogP contribution in [0.2, 0.25) is 0 Å². The molecular weight excluding hydrogens is 521 g/mol. The Bertz CT molecular complexity index is 1570. The zero-order chi connectivity index (χ0) is 27.8. The lowest BCUT2D eigenvalue weighted by Gasteiger charge is -2.57. The molecule has 5 nitrogen and oxygen atoms in total. The Hall–Kier alpha value is -3.58. The summed E-state index contributed by atoms with van der Waals surface area (Å²) in [6.45, 7) is 4.02. The zero-order valence-electron chi connectivity index (χ0n) is 22.7. The number of hydrogen-bond acceptors (Lipinski definition) is 3. The largest absolute Gasteiger partial charge is 0.318 e. The molecule has 0 radical (unpaired) electrons. The van der Waals surface area contributed by atoms with Crippen molar-refractivity contribution in [1.29, 1.82) is 0 Å². The topological polar surface area (TPSA) is 54.3 Å². The number of rotatable bonds is 4. The van der Waals surface area contributed by atoms with Crippen LogP contribution in [0, 0.1) is 37.4 Å². The van der Waals surface area contributed by atoms with Gasteiger partial charge in [0.15, 0.2) is 5.11 Å². The number of carbonyl (C=O) groups excluding carboxylic acids is 2. The van der Waals surface area contributed by atoms with Crippen molar-refractivity contribution >= 4 is 40.9 Å². The van der Waals surface area contributed by atoms with Crippen LogP contribution >= 0.6 is 12.2 Å². The first kappa shape index (κ1) is 25.4. The minimum absolute atomic E-state index is 0.0460. The summed E-state index contributed by atoms with van der Waals surface area (Å²) < 4.78 is 16.0. The van der Waals surface area contributed by atoms with Gasteiger partial charge in [-0.05, 0) is 141 Å². The summed E-state index contributed by atoms with van der Waals surface area (Å²) in [5.41, 5.74) is 5.83. The van der Waals surface area contributed by atoms with Crippen molar-refractivity contribution in [3.63, 3.8) is 0 Å². The molecular formula is C33H32FN3O2S. The molecule has 5 fully saturated rings. The molecule has 5 aliphatic rings. The van der Waals surface area contributed by atoms with Gasteiger partial charge < -0.3 is 4.57 Å². The Kier molecular flexibility index (Phi) is 5.86. The second kappa shape index (κ2) is 9.23. The first-order valence-electron chi connectivity index (χ1n) is 14.2. The van der Waals surface area contributed by atoms with Crippen LogP contribution in [-0.2, 0) is 15.0 Å². The van der Waals surface area contributed by atoms with E-state index in [9.17, 15) is 14.0 Å². The number of halogens is 1. The fourth-order valence-corrected chi connectivity index (χ4v) is 8.70. The smallest absolute Gasteiger partial charge is 0.270 e. The van der Waals surface area contributed by atoms with Crippen molar-refractivity contribution in [2.24, 2.45) is 17.8 Å². The molecule has 4 saturated carbocycles. The molecule has 4 bridgehead atoms. The van der Waals surface area contributed by atoms with Gasteiger partial charge in [-0.25, -0.2) is 4.39 Å². The maximum atomic E-state index is 13.9. The first-order chi connectivity index (χ1) is 19.2. The average molecular weight is 554 g/mol. The molecule has 1 N–H and O–H groups in total. The van der Waals surface area contributed by atoms with Crippen LogP contribution in [0.3, 0.4) is 0 Å². The molecule has 0 spiro atoms. The molecule has 204 valence electrons. The number of hydrogen-bond donors (Lipinski definition) is 1. The minimum atomic E-state index is -0.580. The second-order valence-corrected chi connectivity index (χ2v) is 12.7. The lowest BCUT2D eigenvalue weighted by Crippen LogP contribution is -2.54. The summed E-state index contributed by atoms with van der Waals surface area (Å²) in [7, 11) is 0. The maximum absolute atomic E-state index is 13.9. The second-order valence-electron chi connectivity index (χ2n) is 12.3.